The molecule has 0 saturated carbocycles. The van der Waals surface area contributed by atoms with Gasteiger partial charge in [0.1, 0.15) is 6.61 Å². The number of ketones is 1. The Morgan fingerprint density at radius 2 is 1.71 bits per heavy atom. The predicted molar refractivity (Wildman–Crippen MR) is 121 cm³/mol. The van der Waals surface area contributed by atoms with Crippen LogP contribution in [-0.4, -0.2) is 11.8 Å². The van der Waals surface area contributed by atoms with E-state index in [2.05, 4.69) is 19.2 Å². The van der Waals surface area contributed by atoms with E-state index in [1.807, 2.05) is 68.4 Å². The smallest absolute Gasteiger partial charge is 0.337 e. The van der Waals surface area contributed by atoms with Crippen LogP contribution < -0.4 is 5.32 Å². The fourth-order valence-electron chi connectivity index (χ4n) is 4.73. The SMILES string of the molecule is CC1=C(C(=O)OCc2ccccc2)C(c2ccccc2C)C2=C(CC(C)(C)CC2=O)N1. The van der Waals surface area contributed by atoms with Gasteiger partial charge >= 0.3 is 5.97 Å². The van der Waals surface area contributed by atoms with Crippen molar-refractivity contribution in [3.05, 3.63) is 93.8 Å². The average Bonchev–Trinajstić information content (AvgIpc) is 2.71. The third-order valence-corrected chi connectivity index (χ3v) is 6.17. The largest absolute Gasteiger partial charge is 0.457 e. The summed E-state index contributed by atoms with van der Waals surface area (Å²) in [5, 5.41) is 3.39. The van der Waals surface area contributed by atoms with Crippen molar-refractivity contribution >= 4 is 11.8 Å². The van der Waals surface area contributed by atoms with E-state index in [1.165, 1.54) is 0 Å². The topological polar surface area (TPSA) is 55.4 Å². The quantitative estimate of drug-likeness (QED) is 0.685. The van der Waals surface area contributed by atoms with Crippen molar-refractivity contribution in [3.63, 3.8) is 0 Å². The molecule has 0 fully saturated rings. The van der Waals surface area contributed by atoms with E-state index >= 15 is 0 Å². The summed E-state index contributed by atoms with van der Waals surface area (Å²) in [4.78, 5) is 26.7. The van der Waals surface area contributed by atoms with Crippen molar-refractivity contribution < 1.29 is 14.3 Å². The van der Waals surface area contributed by atoms with Crippen LogP contribution in [0.5, 0.6) is 0 Å². The molecule has 0 amide bonds. The van der Waals surface area contributed by atoms with Gasteiger partial charge in [0.25, 0.3) is 0 Å². The number of dihydropyridines is 1. The van der Waals surface area contributed by atoms with Crippen molar-refractivity contribution in [2.24, 2.45) is 5.41 Å². The number of benzene rings is 2. The molecular weight excluding hydrogens is 386 g/mol. The second-order valence-corrected chi connectivity index (χ2v) is 9.35. The maximum Gasteiger partial charge on any atom is 0.337 e. The lowest BCUT2D eigenvalue weighted by atomic mass is 9.68. The van der Waals surface area contributed by atoms with Crippen LogP contribution in [0.25, 0.3) is 0 Å². The van der Waals surface area contributed by atoms with Crippen molar-refractivity contribution in [1.82, 2.24) is 5.32 Å². The number of allylic oxidation sites excluding steroid dienone is 3. The number of Topliss-reactive ketones (excluding diaryl/α,β-unsaturated/α-hetero) is 1. The minimum absolute atomic E-state index is 0.105. The number of ether oxygens (including phenoxy) is 1. The molecule has 4 rings (SSSR count). The molecule has 31 heavy (non-hydrogen) atoms. The number of nitrogens with one attached hydrogen (secondary N) is 1. The first-order chi connectivity index (χ1) is 14.8. The molecule has 0 spiro atoms. The maximum absolute atomic E-state index is 13.3. The fourth-order valence-corrected chi connectivity index (χ4v) is 4.73. The van der Waals surface area contributed by atoms with Crippen molar-refractivity contribution in [1.29, 1.82) is 0 Å². The van der Waals surface area contributed by atoms with Gasteiger partial charge in [-0.1, -0.05) is 68.4 Å². The number of esters is 1. The van der Waals surface area contributed by atoms with Crippen LogP contribution in [-0.2, 0) is 20.9 Å². The van der Waals surface area contributed by atoms with E-state index in [-0.39, 0.29) is 23.8 Å². The molecule has 1 aliphatic carbocycles. The van der Waals surface area contributed by atoms with Gasteiger partial charge in [0.05, 0.1) is 5.57 Å². The molecule has 0 saturated heterocycles. The zero-order valence-electron chi connectivity index (χ0n) is 18.6. The normalized spacial score (nSPS) is 20.3. The Labute approximate surface area is 184 Å². The summed E-state index contributed by atoms with van der Waals surface area (Å²) in [6, 6.07) is 17.6. The second-order valence-electron chi connectivity index (χ2n) is 9.35. The minimum Gasteiger partial charge on any atom is -0.457 e. The molecule has 4 heteroatoms. The lowest BCUT2D eigenvalue weighted by Gasteiger charge is -2.39. The minimum atomic E-state index is -0.413. The highest BCUT2D eigenvalue weighted by Gasteiger charge is 2.43. The van der Waals surface area contributed by atoms with Gasteiger partial charge in [-0.25, -0.2) is 4.79 Å². The van der Waals surface area contributed by atoms with Gasteiger partial charge in [0.2, 0.25) is 0 Å². The molecule has 0 aromatic heterocycles. The molecule has 2 aromatic rings. The number of aryl methyl sites for hydroxylation is 1. The summed E-state index contributed by atoms with van der Waals surface area (Å²) in [6.07, 6.45) is 1.25. The average molecular weight is 416 g/mol. The molecule has 2 aliphatic rings. The van der Waals surface area contributed by atoms with Gasteiger partial charge in [-0.15, -0.1) is 0 Å². The highest BCUT2D eigenvalue weighted by atomic mass is 16.5. The summed E-state index contributed by atoms with van der Waals surface area (Å²) < 4.78 is 5.71. The molecular formula is C27H29NO3. The first-order valence-corrected chi connectivity index (χ1v) is 10.8. The van der Waals surface area contributed by atoms with Gasteiger partial charge in [0, 0.05) is 29.3 Å². The van der Waals surface area contributed by atoms with Crippen molar-refractivity contribution in [2.45, 2.75) is 53.1 Å². The highest BCUT2D eigenvalue weighted by molar-refractivity contribution is 6.04. The number of carbonyl (C=O) groups excluding carboxylic acids is 2. The molecule has 4 nitrogen and oxygen atoms in total. The molecule has 1 N–H and O–H groups in total. The number of hydrogen-bond acceptors (Lipinski definition) is 4. The first kappa shape index (κ1) is 21.1. The van der Waals surface area contributed by atoms with Crippen LogP contribution in [0.1, 0.15) is 56.2 Å². The van der Waals surface area contributed by atoms with Gasteiger partial charge in [-0.3, -0.25) is 4.79 Å². The molecule has 160 valence electrons. The Balaban J connectivity index is 1.75. The summed E-state index contributed by atoms with van der Waals surface area (Å²) in [5.41, 5.74) is 5.80. The Bertz CT molecular complexity index is 1090. The van der Waals surface area contributed by atoms with Crippen LogP contribution in [0.4, 0.5) is 0 Å². The van der Waals surface area contributed by atoms with E-state index < -0.39 is 5.92 Å². The zero-order chi connectivity index (χ0) is 22.2. The summed E-state index contributed by atoms with van der Waals surface area (Å²) in [5.74, 6) is -0.691. The lowest BCUT2D eigenvalue weighted by Crippen LogP contribution is -2.38. The Kier molecular flexibility index (Phi) is 5.57. The van der Waals surface area contributed by atoms with Gasteiger partial charge in [0.15, 0.2) is 5.78 Å². The van der Waals surface area contributed by atoms with E-state index in [4.69, 9.17) is 4.74 Å². The van der Waals surface area contributed by atoms with Crippen LogP contribution in [0.15, 0.2) is 77.1 Å². The number of rotatable bonds is 4. The van der Waals surface area contributed by atoms with E-state index in [9.17, 15) is 9.59 Å². The maximum atomic E-state index is 13.3. The zero-order valence-corrected chi connectivity index (χ0v) is 18.6. The molecule has 0 radical (unpaired) electrons. The Hall–Kier alpha value is -3.14. The number of hydrogen-bond donors (Lipinski definition) is 1. The van der Waals surface area contributed by atoms with Gasteiger partial charge in [-0.2, -0.15) is 0 Å². The fraction of sp³-hybridized carbons (Fsp3) is 0.333. The van der Waals surface area contributed by atoms with Crippen LogP contribution in [0.2, 0.25) is 0 Å². The molecule has 1 atom stereocenters. The Morgan fingerprint density at radius 1 is 1.03 bits per heavy atom. The number of carbonyl (C=O) groups is 2. The summed E-state index contributed by atoms with van der Waals surface area (Å²) >= 11 is 0. The van der Waals surface area contributed by atoms with Gasteiger partial charge < -0.3 is 10.1 Å². The predicted octanol–water partition coefficient (Wildman–Crippen LogP) is 5.34. The van der Waals surface area contributed by atoms with Gasteiger partial charge in [-0.05, 0) is 42.4 Å². The molecule has 2 aromatic carbocycles. The second kappa shape index (κ2) is 8.18. The van der Waals surface area contributed by atoms with Crippen LogP contribution in [0, 0.1) is 12.3 Å². The standard InChI is InChI=1S/C27H29NO3/c1-17-10-8-9-13-20(17)24-23(26(30)31-16-19-11-6-5-7-12-19)18(2)28-21-14-27(3,4)15-22(29)25(21)24/h5-13,24,28H,14-16H2,1-4H3. The lowest BCUT2D eigenvalue weighted by molar-refractivity contribution is -0.140. The van der Waals surface area contributed by atoms with E-state index in [1.54, 1.807) is 0 Å². The monoisotopic (exact) mass is 415 g/mol. The molecule has 1 aliphatic heterocycles. The highest BCUT2D eigenvalue weighted by Crippen LogP contribution is 2.47. The van der Waals surface area contributed by atoms with Crippen LogP contribution in [0.3, 0.4) is 0 Å². The van der Waals surface area contributed by atoms with E-state index in [0.717, 1.165) is 34.5 Å². The summed E-state index contributed by atoms with van der Waals surface area (Å²) in [7, 11) is 0. The van der Waals surface area contributed by atoms with E-state index in [0.29, 0.717) is 17.6 Å². The molecule has 1 unspecified atom stereocenters. The third-order valence-electron chi connectivity index (χ3n) is 6.17. The third kappa shape index (κ3) is 4.20. The first-order valence-electron chi connectivity index (χ1n) is 10.8. The van der Waals surface area contributed by atoms with Crippen LogP contribution >= 0.6 is 0 Å². The molecule has 0 bridgehead atoms. The van der Waals surface area contributed by atoms with Crippen molar-refractivity contribution in [2.75, 3.05) is 0 Å². The Morgan fingerprint density at radius 3 is 2.42 bits per heavy atom. The van der Waals surface area contributed by atoms with Crippen molar-refractivity contribution in [3.8, 4) is 0 Å². The summed E-state index contributed by atoms with van der Waals surface area (Å²) in [6.45, 7) is 8.35. The molecule has 1 heterocycles.